The van der Waals surface area contributed by atoms with Crippen molar-refractivity contribution in [1.29, 1.82) is 0 Å². The molecule has 1 aromatic carbocycles. The minimum atomic E-state index is -0.474. The van der Waals surface area contributed by atoms with Gasteiger partial charge in [0.25, 0.3) is 0 Å². The minimum Gasteiger partial charge on any atom is -0.368 e. The Bertz CT molecular complexity index is 804. The van der Waals surface area contributed by atoms with E-state index in [-0.39, 0.29) is 5.91 Å². The molecule has 8 nitrogen and oxygen atoms in total. The fraction of sp³-hybridized carbons (Fsp3) is 0.474. The van der Waals surface area contributed by atoms with Crippen molar-refractivity contribution in [3.05, 3.63) is 47.5 Å². The van der Waals surface area contributed by atoms with Gasteiger partial charge in [-0.2, -0.15) is 5.10 Å². The van der Waals surface area contributed by atoms with Gasteiger partial charge in [0.05, 0.1) is 6.54 Å². The number of amides is 2. The summed E-state index contributed by atoms with van der Waals surface area (Å²) in [7, 11) is 0. The van der Waals surface area contributed by atoms with Crippen molar-refractivity contribution in [1.82, 2.24) is 24.6 Å². The zero-order chi connectivity index (χ0) is 19.4. The molecule has 1 aliphatic heterocycles. The van der Waals surface area contributed by atoms with E-state index in [1.54, 1.807) is 9.58 Å². The molecule has 2 heterocycles. The number of hydrogen-bond donors (Lipinski definition) is 1. The quantitative estimate of drug-likeness (QED) is 0.798. The molecule has 1 aromatic heterocycles. The monoisotopic (exact) mass is 370 g/mol. The number of carbonyl (C=O) groups is 2. The van der Waals surface area contributed by atoms with Gasteiger partial charge in [-0.25, -0.2) is 9.67 Å². The van der Waals surface area contributed by atoms with Gasteiger partial charge in [0.15, 0.2) is 0 Å². The van der Waals surface area contributed by atoms with Crippen LogP contribution in [0.3, 0.4) is 0 Å². The molecule has 0 spiro atoms. The van der Waals surface area contributed by atoms with E-state index in [0.29, 0.717) is 45.0 Å². The maximum atomic E-state index is 12.6. The molecule has 0 aliphatic carbocycles. The van der Waals surface area contributed by atoms with Gasteiger partial charge in [0.1, 0.15) is 17.7 Å². The maximum Gasteiger partial charge on any atom is 0.236 e. The first kappa shape index (κ1) is 19.0. The Morgan fingerprint density at radius 3 is 2.56 bits per heavy atom. The third kappa shape index (κ3) is 4.71. The summed E-state index contributed by atoms with van der Waals surface area (Å²) in [6.45, 7) is 6.37. The highest BCUT2D eigenvalue weighted by Crippen LogP contribution is 2.15. The van der Waals surface area contributed by atoms with E-state index in [1.165, 1.54) is 0 Å². The highest BCUT2D eigenvalue weighted by molar-refractivity contribution is 5.82. The number of benzene rings is 1. The lowest BCUT2D eigenvalue weighted by Gasteiger charge is -2.40. The highest BCUT2D eigenvalue weighted by atomic mass is 16.2. The third-order valence-electron chi connectivity index (χ3n) is 4.90. The normalized spacial score (nSPS) is 17.9. The van der Waals surface area contributed by atoms with Crippen LogP contribution in [0.25, 0.3) is 0 Å². The first-order chi connectivity index (χ1) is 12.9. The molecule has 0 radical (unpaired) electrons. The van der Waals surface area contributed by atoms with Crippen LogP contribution in [-0.4, -0.2) is 62.1 Å². The lowest BCUT2D eigenvalue weighted by molar-refractivity contribution is -0.137. The molecule has 2 aromatic rings. The first-order valence-corrected chi connectivity index (χ1v) is 9.17. The van der Waals surface area contributed by atoms with Gasteiger partial charge in [-0.3, -0.25) is 14.5 Å². The number of primary amides is 1. The zero-order valence-corrected chi connectivity index (χ0v) is 15.8. The predicted octanol–water partition coefficient (Wildman–Crippen LogP) is 0.483. The van der Waals surface area contributed by atoms with Crippen LogP contribution in [0.1, 0.15) is 23.6 Å². The van der Waals surface area contributed by atoms with Crippen LogP contribution in [0.2, 0.25) is 0 Å². The van der Waals surface area contributed by atoms with Crippen LogP contribution < -0.4 is 5.73 Å². The van der Waals surface area contributed by atoms with E-state index < -0.39 is 11.9 Å². The van der Waals surface area contributed by atoms with Crippen LogP contribution in [0, 0.1) is 13.8 Å². The number of hydrogen-bond acceptors (Lipinski definition) is 5. The molecule has 2 N–H and O–H groups in total. The molecule has 1 unspecified atom stereocenters. The number of carbonyl (C=O) groups excluding carboxylic acids is 2. The van der Waals surface area contributed by atoms with Crippen molar-refractivity contribution >= 4 is 11.8 Å². The number of piperazine rings is 1. The summed E-state index contributed by atoms with van der Waals surface area (Å²) in [5.41, 5.74) is 6.75. The fourth-order valence-corrected chi connectivity index (χ4v) is 3.46. The summed E-state index contributed by atoms with van der Waals surface area (Å²) in [5.74, 6) is 1.10. The van der Waals surface area contributed by atoms with E-state index in [4.69, 9.17) is 5.73 Å². The summed E-state index contributed by atoms with van der Waals surface area (Å²) in [4.78, 5) is 32.6. The standard InChI is InChI=1S/C19H26N6O2/c1-14-21-15(2)25(22-14)9-8-18(26)24-11-10-23(17(13-24)19(20)27)12-16-6-4-3-5-7-16/h3-7,17H,8-13H2,1-2H3,(H2,20,27). The molecule has 1 fully saturated rings. The lowest BCUT2D eigenvalue weighted by atomic mass is 10.1. The summed E-state index contributed by atoms with van der Waals surface area (Å²) < 4.78 is 1.74. The number of rotatable bonds is 6. The Labute approximate surface area is 159 Å². The number of aryl methyl sites for hydroxylation is 3. The summed E-state index contributed by atoms with van der Waals surface area (Å²) in [6.07, 6.45) is 0.327. The van der Waals surface area contributed by atoms with E-state index in [1.807, 2.05) is 49.1 Å². The van der Waals surface area contributed by atoms with E-state index in [0.717, 1.165) is 11.4 Å². The Morgan fingerprint density at radius 1 is 1.19 bits per heavy atom. The maximum absolute atomic E-state index is 12.6. The van der Waals surface area contributed by atoms with E-state index in [2.05, 4.69) is 10.1 Å². The minimum absolute atomic E-state index is 0.00756. The molecule has 3 rings (SSSR count). The molecule has 1 saturated heterocycles. The van der Waals surface area contributed by atoms with E-state index >= 15 is 0 Å². The zero-order valence-electron chi connectivity index (χ0n) is 15.8. The fourth-order valence-electron chi connectivity index (χ4n) is 3.46. The lowest BCUT2D eigenvalue weighted by Crippen LogP contribution is -2.58. The third-order valence-corrected chi connectivity index (χ3v) is 4.90. The van der Waals surface area contributed by atoms with Crippen molar-refractivity contribution in [3.8, 4) is 0 Å². The van der Waals surface area contributed by atoms with Crippen molar-refractivity contribution in [2.75, 3.05) is 19.6 Å². The van der Waals surface area contributed by atoms with Gasteiger partial charge in [-0.15, -0.1) is 0 Å². The Morgan fingerprint density at radius 2 is 1.93 bits per heavy atom. The van der Waals surface area contributed by atoms with Gasteiger partial charge < -0.3 is 10.6 Å². The van der Waals surface area contributed by atoms with Crippen LogP contribution >= 0.6 is 0 Å². The molecule has 1 atom stereocenters. The second-order valence-electron chi connectivity index (χ2n) is 6.89. The Hall–Kier alpha value is -2.74. The SMILES string of the molecule is Cc1nc(C)n(CCC(=O)N2CCN(Cc3ccccc3)C(C(N)=O)C2)n1. The second-order valence-corrected chi connectivity index (χ2v) is 6.89. The molecule has 27 heavy (non-hydrogen) atoms. The van der Waals surface area contributed by atoms with Crippen molar-refractivity contribution < 1.29 is 9.59 Å². The van der Waals surface area contributed by atoms with Gasteiger partial charge in [-0.05, 0) is 19.4 Å². The molecular weight excluding hydrogens is 344 g/mol. The van der Waals surface area contributed by atoms with E-state index in [9.17, 15) is 9.59 Å². The number of nitrogens with two attached hydrogens (primary N) is 1. The Balaban J connectivity index is 1.59. The summed E-state index contributed by atoms with van der Waals surface area (Å²) in [6, 6.07) is 9.49. The molecule has 0 saturated carbocycles. The summed E-state index contributed by atoms with van der Waals surface area (Å²) in [5, 5.41) is 4.28. The van der Waals surface area contributed by atoms with Gasteiger partial charge >= 0.3 is 0 Å². The average Bonchev–Trinajstić information content (AvgIpc) is 2.98. The van der Waals surface area contributed by atoms with Gasteiger partial charge in [0.2, 0.25) is 11.8 Å². The summed E-state index contributed by atoms with van der Waals surface area (Å²) >= 11 is 0. The van der Waals surface area contributed by atoms with Crippen LogP contribution in [0.5, 0.6) is 0 Å². The molecule has 1 aliphatic rings. The van der Waals surface area contributed by atoms with Crippen molar-refractivity contribution in [2.24, 2.45) is 5.73 Å². The smallest absolute Gasteiger partial charge is 0.236 e. The average molecular weight is 370 g/mol. The van der Waals surface area contributed by atoms with Crippen LogP contribution in [0.4, 0.5) is 0 Å². The number of nitrogens with zero attached hydrogens (tertiary/aromatic N) is 5. The van der Waals surface area contributed by atoms with Crippen molar-refractivity contribution in [3.63, 3.8) is 0 Å². The molecule has 144 valence electrons. The number of aromatic nitrogens is 3. The van der Waals surface area contributed by atoms with Gasteiger partial charge in [0, 0.05) is 32.6 Å². The largest absolute Gasteiger partial charge is 0.368 e. The molecule has 2 amide bonds. The highest BCUT2D eigenvalue weighted by Gasteiger charge is 2.32. The first-order valence-electron chi connectivity index (χ1n) is 9.17. The predicted molar refractivity (Wildman–Crippen MR) is 101 cm³/mol. The topological polar surface area (TPSA) is 97.4 Å². The second kappa shape index (κ2) is 8.30. The van der Waals surface area contributed by atoms with Crippen molar-refractivity contribution in [2.45, 2.75) is 39.4 Å². The molecule has 8 heteroatoms. The van der Waals surface area contributed by atoms with Crippen LogP contribution in [-0.2, 0) is 22.7 Å². The Kier molecular flexibility index (Phi) is 5.85. The molecule has 0 bridgehead atoms. The molecular formula is C19H26N6O2. The van der Waals surface area contributed by atoms with Crippen LogP contribution in [0.15, 0.2) is 30.3 Å². The van der Waals surface area contributed by atoms with Gasteiger partial charge in [-0.1, -0.05) is 30.3 Å².